The van der Waals surface area contributed by atoms with Crippen LogP contribution in [0, 0.1) is 0 Å². The predicted molar refractivity (Wildman–Crippen MR) is 87.1 cm³/mol. The van der Waals surface area contributed by atoms with Crippen LogP contribution >= 0.6 is 0 Å². The number of benzene rings is 2. The number of carbonyl (C=O) groups is 1. The number of hydrogen-bond donors (Lipinski definition) is 0. The van der Waals surface area contributed by atoms with E-state index in [1.54, 1.807) is 0 Å². The van der Waals surface area contributed by atoms with E-state index in [0.29, 0.717) is 5.78 Å². The molecule has 0 atom stereocenters. The van der Waals surface area contributed by atoms with Gasteiger partial charge >= 0.3 is 0 Å². The lowest BCUT2D eigenvalue weighted by atomic mass is 9.91. The average Bonchev–Trinajstić information content (AvgIpc) is 2.51. The largest absolute Gasteiger partial charge is 0.295 e. The zero-order valence-electron chi connectivity index (χ0n) is 12.2. The first-order valence-corrected chi connectivity index (χ1v) is 7.68. The van der Waals surface area contributed by atoms with E-state index in [4.69, 9.17) is 0 Å². The highest BCUT2D eigenvalue weighted by molar-refractivity contribution is 6.00. The Morgan fingerprint density at radius 3 is 2.43 bits per heavy atom. The van der Waals surface area contributed by atoms with Crippen molar-refractivity contribution in [1.29, 1.82) is 0 Å². The lowest BCUT2D eigenvalue weighted by molar-refractivity contribution is -0.116. The summed E-state index contributed by atoms with van der Waals surface area (Å²) in [6, 6.07) is 19.0. The van der Waals surface area contributed by atoms with Crippen LogP contribution in [0.15, 0.2) is 60.2 Å². The molecule has 1 heteroatoms. The number of Topliss-reactive ketones (excluding diaryl/α,β-unsaturated/α-hetero) is 1. The Bertz CT molecular complexity index is 653. The Hall–Kier alpha value is -2.15. The monoisotopic (exact) mass is 276 g/mol. The van der Waals surface area contributed by atoms with E-state index in [1.165, 1.54) is 11.1 Å². The Labute approximate surface area is 126 Å². The quantitative estimate of drug-likeness (QED) is 0.736. The Morgan fingerprint density at radius 1 is 0.857 bits per heavy atom. The molecular formula is C20H20O. The zero-order valence-corrected chi connectivity index (χ0v) is 12.2. The van der Waals surface area contributed by atoms with Crippen molar-refractivity contribution in [3.05, 3.63) is 76.9 Å². The summed E-state index contributed by atoms with van der Waals surface area (Å²) in [6.45, 7) is 0. The van der Waals surface area contributed by atoms with Crippen LogP contribution in [0.25, 0.3) is 6.08 Å². The van der Waals surface area contributed by atoms with Gasteiger partial charge in [0.1, 0.15) is 0 Å². The van der Waals surface area contributed by atoms with E-state index in [-0.39, 0.29) is 0 Å². The third kappa shape index (κ3) is 3.69. The fourth-order valence-corrected chi connectivity index (χ4v) is 2.88. The van der Waals surface area contributed by atoms with Crippen molar-refractivity contribution in [2.45, 2.75) is 32.1 Å². The molecule has 2 aromatic carbocycles. The molecule has 0 aromatic heterocycles. The van der Waals surface area contributed by atoms with Crippen molar-refractivity contribution >= 4 is 11.9 Å². The van der Waals surface area contributed by atoms with Crippen molar-refractivity contribution in [3.8, 4) is 0 Å². The maximum Gasteiger partial charge on any atom is 0.158 e. The Balaban J connectivity index is 1.80. The summed E-state index contributed by atoms with van der Waals surface area (Å²) in [7, 11) is 0. The third-order valence-corrected chi connectivity index (χ3v) is 4.00. The molecule has 0 saturated heterocycles. The fourth-order valence-electron chi connectivity index (χ4n) is 2.88. The number of carbonyl (C=O) groups excluding carboxylic acids is 1. The Morgan fingerprint density at radius 2 is 1.62 bits per heavy atom. The summed E-state index contributed by atoms with van der Waals surface area (Å²) in [5.41, 5.74) is 4.75. The summed E-state index contributed by atoms with van der Waals surface area (Å²) < 4.78 is 0. The van der Waals surface area contributed by atoms with Gasteiger partial charge in [0.2, 0.25) is 0 Å². The summed E-state index contributed by atoms with van der Waals surface area (Å²) in [5, 5.41) is 0. The molecule has 2 aromatic rings. The topological polar surface area (TPSA) is 17.1 Å². The van der Waals surface area contributed by atoms with Gasteiger partial charge in [0.05, 0.1) is 0 Å². The van der Waals surface area contributed by atoms with Crippen molar-refractivity contribution in [2.24, 2.45) is 0 Å². The van der Waals surface area contributed by atoms with E-state index in [2.05, 4.69) is 54.6 Å². The summed E-state index contributed by atoms with van der Waals surface area (Å²) in [5.74, 6) is 0.328. The van der Waals surface area contributed by atoms with Crippen LogP contribution in [0.1, 0.15) is 42.4 Å². The van der Waals surface area contributed by atoms with Gasteiger partial charge in [0.25, 0.3) is 0 Å². The standard InChI is InChI=1S/C20H20O/c21-20-12-5-4-11-19(20)15-18-10-6-9-17(14-18)13-16-7-2-1-3-8-16/h1-3,6-10,14-15H,4-5,11-13H2/b19-15+. The molecule has 1 aliphatic carbocycles. The molecule has 1 aliphatic rings. The minimum atomic E-state index is 0.328. The highest BCUT2D eigenvalue weighted by Gasteiger charge is 2.14. The normalized spacial score (nSPS) is 17.1. The molecule has 0 unspecified atom stereocenters. The van der Waals surface area contributed by atoms with Gasteiger partial charge in [-0.3, -0.25) is 4.79 Å². The van der Waals surface area contributed by atoms with E-state index in [9.17, 15) is 4.79 Å². The smallest absolute Gasteiger partial charge is 0.158 e. The van der Waals surface area contributed by atoms with E-state index >= 15 is 0 Å². The highest BCUT2D eigenvalue weighted by Crippen LogP contribution is 2.22. The van der Waals surface area contributed by atoms with Gasteiger partial charge < -0.3 is 0 Å². The summed E-state index contributed by atoms with van der Waals surface area (Å²) in [6.07, 6.45) is 6.85. The molecule has 0 amide bonds. The van der Waals surface area contributed by atoms with Gasteiger partial charge in [-0.2, -0.15) is 0 Å². The average molecular weight is 276 g/mol. The van der Waals surface area contributed by atoms with Gasteiger partial charge in [-0.25, -0.2) is 0 Å². The van der Waals surface area contributed by atoms with Crippen LogP contribution in [0.5, 0.6) is 0 Å². The van der Waals surface area contributed by atoms with E-state index in [0.717, 1.165) is 43.2 Å². The lowest BCUT2D eigenvalue weighted by Crippen LogP contribution is -2.07. The molecule has 0 N–H and O–H groups in total. The molecule has 0 heterocycles. The molecule has 0 radical (unpaired) electrons. The molecule has 106 valence electrons. The minimum Gasteiger partial charge on any atom is -0.295 e. The molecule has 1 saturated carbocycles. The molecule has 1 fully saturated rings. The van der Waals surface area contributed by atoms with Crippen LogP contribution in [0.4, 0.5) is 0 Å². The first-order valence-electron chi connectivity index (χ1n) is 7.68. The maximum absolute atomic E-state index is 11.9. The summed E-state index contributed by atoms with van der Waals surface area (Å²) in [4.78, 5) is 11.9. The van der Waals surface area contributed by atoms with Gasteiger partial charge in [0, 0.05) is 6.42 Å². The van der Waals surface area contributed by atoms with Gasteiger partial charge in [-0.15, -0.1) is 0 Å². The van der Waals surface area contributed by atoms with Crippen LogP contribution in [0.2, 0.25) is 0 Å². The van der Waals surface area contributed by atoms with Crippen molar-refractivity contribution in [1.82, 2.24) is 0 Å². The molecule has 1 nitrogen and oxygen atoms in total. The SMILES string of the molecule is O=C1CCCC/C1=C\c1cccc(Cc2ccccc2)c1. The second-order valence-electron chi connectivity index (χ2n) is 5.71. The second kappa shape index (κ2) is 6.53. The third-order valence-electron chi connectivity index (χ3n) is 4.00. The van der Waals surface area contributed by atoms with Crippen molar-refractivity contribution < 1.29 is 4.79 Å². The number of allylic oxidation sites excluding steroid dienone is 1. The predicted octanol–water partition coefficient (Wildman–Crippen LogP) is 4.80. The van der Waals surface area contributed by atoms with Crippen LogP contribution in [-0.4, -0.2) is 5.78 Å². The molecule has 3 rings (SSSR count). The van der Waals surface area contributed by atoms with Gasteiger partial charge in [0.15, 0.2) is 5.78 Å². The summed E-state index contributed by atoms with van der Waals surface area (Å²) >= 11 is 0. The Kier molecular flexibility index (Phi) is 4.30. The molecule has 0 spiro atoms. The first-order chi connectivity index (χ1) is 10.3. The number of rotatable bonds is 3. The molecular weight excluding hydrogens is 256 g/mol. The van der Waals surface area contributed by atoms with Crippen LogP contribution in [-0.2, 0) is 11.2 Å². The molecule has 0 aliphatic heterocycles. The zero-order chi connectivity index (χ0) is 14.5. The van der Waals surface area contributed by atoms with Crippen molar-refractivity contribution in [2.75, 3.05) is 0 Å². The first kappa shape index (κ1) is 13.8. The molecule has 0 bridgehead atoms. The molecule has 21 heavy (non-hydrogen) atoms. The number of hydrogen-bond acceptors (Lipinski definition) is 1. The van der Waals surface area contributed by atoms with Gasteiger partial charge in [-0.1, -0.05) is 54.6 Å². The number of ketones is 1. The fraction of sp³-hybridized carbons (Fsp3) is 0.250. The highest BCUT2D eigenvalue weighted by atomic mass is 16.1. The second-order valence-corrected chi connectivity index (χ2v) is 5.71. The van der Waals surface area contributed by atoms with Gasteiger partial charge in [-0.05, 0) is 54.0 Å². The van der Waals surface area contributed by atoms with E-state index < -0.39 is 0 Å². The van der Waals surface area contributed by atoms with E-state index in [1.807, 2.05) is 6.07 Å². The van der Waals surface area contributed by atoms with Crippen LogP contribution in [0.3, 0.4) is 0 Å². The minimum absolute atomic E-state index is 0.328. The lowest BCUT2D eigenvalue weighted by Gasteiger charge is -2.12. The maximum atomic E-state index is 11.9. The van der Waals surface area contributed by atoms with Crippen LogP contribution < -0.4 is 0 Å². The van der Waals surface area contributed by atoms with Crippen molar-refractivity contribution in [3.63, 3.8) is 0 Å².